The Labute approximate surface area is 107 Å². The van der Waals surface area contributed by atoms with E-state index in [1.807, 2.05) is 24.3 Å². The summed E-state index contributed by atoms with van der Waals surface area (Å²) < 4.78 is 0. The van der Waals surface area contributed by atoms with Crippen LogP contribution in [0.5, 0.6) is 0 Å². The minimum Gasteiger partial charge on any atom is -0.352 e. The van der Waals surface area contributed by atoms with Crippen LogP contribution in [0.2, 0.25) is 0 Å². The van der Waals surface area contributed by atoms with Crippen molar-refractivity contribution in [1.29, 1.82) is 5.26 Å². The Morgan fingerprint density at radius 3 is 3.17 bits per heavy atom. The highest BCUT2D eigenvalue weighted by Crippen LogP contribution is 2.14. The summed E-state index contributed by atoms with van der Waals surface area (Å²) in [6, 6.07) is 10.1. The maximum Gasteiger partial charge on any atom is 0.217 e. The van der Waals surface area contributed by atoms with Crippen LogP contribution in [0.3, 0.4) is 0 Å². The fourth-order valence-corrected chi connectivity index (χ4v) is 2.38. The van der Waals surface area contributed by atoms with Crippen molar-refractivity contribution in [2.24, 2.45) is 0 Å². The average Bonchev–Trinajstić information content (AvgIpc) is 2.76. The zero-order chi connectivity index (χ0) is 13.0. The summed E-state index contributed by atoms with van der Waals surface area (Å²) in [5, 5.41) is 11.8. The molecule has 1 N–H and O–H groups in total. The fraction of sp³-hybridized carbons (Fsp3) is 0.429. The van der Waals surface area contributed by atoms with Gasteiger partial charge in [-0.25, -0.2) is 0 Å². The van der Waals surface area contributed by atoms with E-state index in [1.54, 1.807) is 6.92 Å². The summed E-state index contributed by atoms with van der Waals surface area (Å²) in [5.41, 5.74) is 1.85. The van der Waals surface area contributed by atoms with E-state index in [9.17, 15) is 4.79 Å². The Hall–Kier alpha value is -1.86. The molecule has 1 aliphatic heterocycles. The monoisotopic (exact) mass is 243 g/mol. The second kappa shape index (κ2) is 5.65. The first-order valence-corrected chi connectivity index (χ1v) is 6.16. The molecule has 4 heteroatoms. The number of carbonyl (C=O) groups is 1. The standard InChI is InChI=1S/C14H17N3O/c1-11(18)16-14-5-6-17(10-14)9-13-4-2-3-12(7-13)8-15/h2-4,7,14H,5-6,9-10H2,1H3,(H,16,18). The third-order valence-corrected chi connectivity index (χ3v) is 3.14. The minimum atomic E-state index is 0.0355. The topological polar surface area (TPSA) is 56.1 Å². The third-order valence-electron chi connectivity index (χ3n) is 3.14. The molecule has 2 rings (SSSR count). The zero-order valence-corrected chi connectivity index (χ0v) is 10.5. The first-order chi connectivity index (χ1) is 8.67. The van der Waals surface area contributed by atoms with Crippen molar-refractivity contribution in [3.8, 4) is 6.07 Å². The Bertz CT molecular complexity index is 478. The molecule has 1 aliphatic rings. The molecule has 0 aliphatic carbocycles. The van der Waals surface area contributed by atoms with Crippen molar-refractivity contribution in [3.63, 3.8) is 0 Å². The molecule has 1 atom stereocenters. The normalized spacial score (nSPS) is 19.4. The molecule has 18 heavy (non-hydrogen) atoms. The molecule has 1 heterocycles. The summed E-state index contributed by atoms with van der Waals surface area (Å²) in [6.07, 6.45) is 0.998. The summed E-state index contributed by atoms with van der Waals surface area (Å²) in [5.74, 6) is 0.0355. The van der Waals surface area contributed by atoms with E-state index in [2.05, 4.69) is 16.3 Å². The molecule has 1 fully saturated rings. The van der Waals surface area contributed by atoms with Crippen molar-refractivity contribution in [2.45, 2.75) is 25.9 Å². The van der Waals surface area contributed by atoms with Crippen LogP contribution >= 0.6 is 0 Å². The summed E-state index contributed by atoms with van der Waals surface area (Å²) in [4.78, 5) is 13.3. The van der Waals surface area contributed by atoms with E-state index in [4.69, 9.17) is 5.26 Å². The molecule has 0 aromatic heterocycles. The predicted octanol–water partition coefficient (Wildman–Crippen LogP) is 1.27. The molecule has 0 saturated carbocycles. The molecule has 1 amide bonds. The number of hydrogen-bond donors (Lipinski definition) is 1. The van der Waals surface area contributed by atoms with E-state index in [-0.39, 0.29) is 11.9 Å². The molecule has 94 valence electrons. The van der Waals surface area contributed by atoms with Gasteiger partial charge in [-0.05, 0) is 24.1 Å². The summed E-state index contributed by atoms with van der Waals surface area (Å²) >= 11 is 0. The van der Waals surface area contributed by atoms with Crippen LogP contribution in [0.1, 0.15) is 24.5 Å². The Morgan fingerprint density at radius 1 is 1.61 bits per heavy atom. The molecule has 4 nitrogen and oxygen atoms in total. The first-order valence-electron chi connectivity index (χ1n) is 6.16. The highest BCUT2D eigenvalue weighted by atomic mass is 16.1. The lowest BCUT2D eigenvalue weighted by Gasteiger charge is -2.16. The van der Waals surface area contributed by atoms with Gasteiger partial charge in [0.2, 0.25) is 5.91 Å². The summed E-state index contributed by atoms with van der Waals surface area (Å²) in [7, 11) is 0. The highest BCUT2D eigenvalue weighted by Gasteiger charge is 2.22. The number of nitrogens with one attached hydrogen (secondary N) is 1. The number of carbonyl (C=O) groups excluding carboxylic acids is 1. The predicted molar refractivity (Wildman–Crippen MR) is 68.7 cm³/mol. The molecule has 1 aromatic rings. The first kappa shape index (κ1) is 12.6. The van der Waals surface area contributed by atoms with E-state index in [0.717, 1.165) is 31.6 Å². The number of benzene rings is 1. The number of rotatable bonds is 3. The van der Waals surface area contributed by atoms with E-state index in [1.165, 1.54) is 0 Å². The Balaban J connectivity index is 1.91. The van der Waals surface area contributed by atoms with E-state index < -0.39 is 0 Å². The van der Waals surface area contributed by atoms with Crippen molar-refractivity contribution in [1.82, 2.24) is 10.2 Å². The van der Waals surface area contributed by atoms with Crippen LogP contribution in [-0.4, -0.2) is 29.9 Å². The zero-order valence-electron chi connectivity index (χ0n) is 10.5. The molecule has 0 bridgehead atoms. The molecule has 1 unspecified atom stereocenters. The highest BCUT2D eigenvalue weighted by molar-refractivity contribution is 5.73. The van der Waals surface area contributed by atoms with Crippen molar-refractivity contribution in [3.05, 3.63) is 35.4 Å². The van der Waals surface area contributed by atoms with Gasteiger partial charge in [-0.15, -0.1) is 0 Å². The molecule has 1 aromatic carbocycles. The van der Waals surface area contributed by atoms with Gasteiger partial charge in [0.05, 0.1) is 11.6 Å². The van der Waals surface area contributed by atoms with Crippen LogP contribution in [-0.2, 0) is 11.3 Å². The Morgan fingerprint density at radius 2 is 2.44 bits per heavy atom. The third kappa shape index (κ3) is 3.31. The van der Waals surface area contributed by atoms with Gasteiger partial charge in [-0.1, -0.05) is 12.1 Å². The van der Waals surface area contributed by atoms with Gasteiger partial charge in [0.15, 0.2) is 0 Å². The second-order valence-electron chi connectivity index (χ2n) is 4.73. The maximum absolute atomic E-state index is 11.0. The molecule has 0 spiro atoms. The maximum atomic E-state index is 11.0. The van der Waals surface area contributed by atoms with Crippen LogP contribution in [0.25, 0.3) is 0 Å². The molecule has 0 radical (unpaired) electrons. The SMILES string of the molecule is CC(=O)NC1CCN(Cc2cccc(C#N)c2)C1. The second-order valence-corrected chi connectivity index (χ2v) is 4.73. The smallest absolute Gasteiger partial charge is 0.217 e. The van der Waals surface area contributed by atoms with Crippen LogP contribution < -0.4 is 5.32 Å². The van der Waals surface area contributed by atoms with Gasteiger partial charge in [-0.3, -0.25) is 9.69 Å². The number of nitriles is 1. The van der Waals surface area contributed by atoms with E-state index in [0.29, 0.717) is 5.56 Å². The van der Waals surface area contributed by atoms with Gasteiger partial charge in [0, 0.05) is 32.6 Å². The van der Waals surface area contributed by atoms with Crippen LogP contribution in [0.15, 0.2) is 24.3 Å². The number of likely N-dealkylation sites (tertiary alicyclic amines) is 1. The summed E-state index contributed by atoms with van der Waals surface area (Å²) in [6.45, 7) is 4.27. The van der Waals surface area contributed by atoms with E-state index >= 15 is 0 Å². The number of hydrogen-bond acceptors (Lipinski definition) is 3. The Kier molecular flexibility index (Phi) is 3.96. The van der Waals surface area contributed by atoms with Crippen molar-refractivity contribution in [2.75, 3.05) is 13.1 Å². The van der Waals surface area contributed by atoms with Crippen LogP contribution in [0, 0.1) is 11.3 Å². The van der Waals surface area contributed by atoms with Crippen molar-refractivity contribution >= 4 is 5.91 Å². The number of nitrogens with zero attached hydrogens (tertiary/aromatic N) is 2. The van der Waals surface area contributed by atoms with Gasteiger partial charge in [-0.2, -0.15) is 5.26 Å². The lowest BCUT2D eigenvalue weighted by molar-refractivity contribution is -0.119. The van der Waals surface area contributed by atoms with Gasteiger partial charge in [0.1, 0.15) is 0 Å². The quantitative estimate of drug-likeness (QED) is 0.869. The van der Waals surface area contributed by atoms with Gasteiger partial charge < -0.3 is 5.32 Å². The molecular weight excluding hydrogens is 226 g/mol. The largest absolute Gasteiger partial charge is 0.352 e. The van der Waals surface area contributed by atoms with Crippen LogP contribution in [0.4, 0.5) is 0 Å². The van der Waals surface area contributed by atoms with Gasteiger partial charge in [0.25, 0.3) is 0 Å². The van der Waals surface area contributed by atoms with Crippen molar-refractivity contribution < 1.29 is 4.79 Å². The molecule has 1 saturated heterocycles. The molecular formula is C14H17N3O. The minimum absolute atomic E-state index is 0.0355. The lowest BCUT2D eigenvalue weighted by atomic mass is 10.1. The van der Waals surface area contributed by atoms with Gasteiger partial charge >= 0.3 is 0 Å². The fourth-order valence-electron chi connectivity index (χ4n) is 2.38. The number of amides is 1. The lowest BCUT2D eigenvalue weighted by Crippen LogP contribution is -2.35. The average molecular weight is 243 g/mol.